The van der Waals surface area contributed by atoms with Gasteiger partial charge < -0.3 is 5.73 Å². The minimum atomic E-state index is -0.617. The normalized spacial score (nSPS) is 9.64. The molecule has 0 bridgehead atoms. The highest BCUT2D eigenvalue weighted by Gasteiger charge is 2.02. The molecule has 0 unspecified atom stereocenters. The van der Waals surface area contributed by atoms with Gasteiger partial charge in [-0.3, -0.25) is 0 Å². The van der Waals surface area contributed by atoms with E-state index in [2.05, 4.69) is 11.6 Å². The lowest BCUT2D eigenvalue weighted by atomic mass is 10.2. The fourth-order valence-corrected chi connectivity index (χ4v) is 0.814. The van der Waals surface area contributed by atoms with Crippen LogP contribution in [0.5, 0.6) is 0 Å². The van der Waals surface area contributed by atoms with Crippen molar-refractivity contribution in [1.29, 1.82) is 0 Å². The van der Waals surface area contributed by atoms with Crippen LogP contribution in [0.25, 0.3) is 6.08 Å². The number of hydrogen-bond acceptors (Lipinski definition) is 2. The average molecular weight is 152 g/mol. The maximum Gasteiger partial charge on any atom is 0.236 e. The van der Waals surface area contributed by atoms with E-state index >= 15 is 0 Å². The Morgan fingerprint density at radius 2 is 2.36 bits per heavy atom. The monoisotopic (exact) mass is 152 g/mol. The molecular formula is C8H9FN2. The molecule has 11 heavy (non-hydrogen) atoms. The Balaban J connectivity index is 3.31. The second kappa shape index (κ2) is 2.70. The fourth-order valence-electron chi connectivity index (χ4n) is 0.814. The van der Waals surface area contributed by atoms with Crippen molar-refractivity contribution in [2.24, 2.45) is 0 Å². The van der Waals surface area contributed by atoms with Gasteiger partial charge in [0.25, 0.3) is 0 Å². The van der Waals surface area contributed by atoms with Crippen LogP contribution in [-0.4, -0.2) is 4.98 Å². The molecule has 0 atom stereocenters. The first kappa shape index (κ1) is 7.72. The van der Waals surface area contributed by atoms with Crippen LogP contribution in [0.2, 0.25) is 0 Å². The van der Waals surface area contributed by atoms with Crippen molar-refractivity contribution in [3.8, 4) is 0 Å². The zero-order valence-electron chi connectivity index (χ0n) is 6.26. The Kier molecular flexibility index (Phi) is 1.89. The molecular weight excluding hydrogens is 143 g/mol. The summed E-state index contributed by atoms with van der Waals surface area (Å²) in [4.78, 5) is 3.58. The number of nitrogens with two attached hydrogens (primary N) is 1. The van der Waals surface area contributed by atoms with Crippen LogP contribution in [0, 0.1) is 12.9 Å². The second-order valence-corrected chi connectivity index (χ2v) is 2.25. The van der Waals surface area contributed by atoms with Gasteiger partial charge in [0.15, 0.2) is 0 Å². The van der Waals surface area contributed by atoms with Crippen molar-refractivity contribution in [3.63, 3.8) is 0 Å². The van der Waals surface area contributed by atoms with E-state index in [1.54, 1.807) is 13.0 Å². The average Bonchev–Trinajstić information content (AvgIpc) is 1.97. The summed E-state index contributed by atoms with van der Waals surface area (Å²) in [6.07, 6.45) is 1.60. The van der Waals surface area contributed by atoms with Gasteiger partial charge in [0, 0.05) is 5.69 Å². The Bertz CT molecular complexity index is 294. The summed E-state index contributed by atoms with van der Waals surface area (Å²) in [6.45, 7) is 5.25. The molecule has 0 aliphatic carbocycles. The van der Waals surface area contributed by atoms with Crippen molar-refractivity contribution in [1.82, 2.24) is 4.98 Å². The molecule has 0 spiro atoms. The smallest absolute Gasteiger partial charge is 0.236 e. The lowest BCUT2D eigenvalue weighted by Crippen LogP contribution is -1.97. The zero-order chi connectivity index (χ0) is 8.43. The molecule has 0 fully saturated rings. The van der Waals surface area contributed by atoms with Gasteiger partial charge in [0.05, 0.1) is 5.69 Å². The van der Waals surface area contributed by atoms with Crippen LogP contribution in [0.4, 0.5) is 10.1 Å². The van der Waals surface area contributed by atoms with Crippen LogP contribution in [0.15, 0.2) is 12.6 Å². The maximum atomic E-state index is 12.6. The molecule has 0 saturated heterocycles. The van der Waals surface area contributed by atoms with Crippen LogP contribution in [0.1, 0.15) is 11.3 Å². The third kappa shape index (κ3) is 1.37. The van der Waals surface area contributed by atoms with Crippen molar-refractivity contribution in [2.75, 3.05) is 5.73 Å². The predicted octanol–water partition coefficient (Wildman–Crippen LogP) is 1.75. The van der Waals surface area contributed by atoms with Crippen molar-refractivity contribution < 1.29 is 4.39 Å². The summed E-state index contributed by atoms with van der Waals surface area (Å²) in [7, 11) is 0. The van der Waals surface area contributed by atoms with Crippen molar-refractivity contribution >= 4 is 11.8 Å². The SMILES string of the molecule is C=Cc1cc(N)c(F)nc1C. The molecule has 3 heteroatoms. The van der Waals surface area contributed by atoms with E-state index in [0.29, 0.717) is 5.69 Å². The zero-order valence-corrected chi connectivity index (χ0v) is 6.26. The highest BCUT2D eigenvalue weighted by atomic mass is 19.1. The van der Waals surface area contributed by atoms with Crippen molar-refractivity contribution in [3.05, 3.63) is 29.9 Å². The third-order valence-electron chi connectivity index (χ3n) is 1.45. The number of pyridine rings is 1. The number of nitrogens with zero attached hydrogens (tertiary/aromatic N) is 1. The highest BCUT2D eigenvalue weighted by Crippen LogP contribution is 2.13. The third-order valence-corrected chi connectivity index (χ3v) is 1.45. The standard InChI is InChI=1S/C8H9FN2/c1-3-6-4-7(10)8(9)11-5(6)2/h3-4H,1,10H2,2H3. The van der Waals surface area contributed by atoms with E-state index in [1.165, 1.54) is 6.07 Å². The number of nitrogen functional groups attached to an aromatic ring is 1. The summed E-state index contributed by atoms with van der Waals surface area (Å²) < 4.78 is 12.6. The Morgan fingerprint density at radius 3 is 2.91 bits per heavy atom. The number of halogens is 1. The highest BCUT2D eigenvalue weighted by molar-refractivity contribution is 5.55. The number of aryl methyl sites for hydroxylation is 1. The van der Waals surface area contributed by atoms with Crippen LogP contribution >= 0.6 is 0 Å². The summed E-state index contributed by atoms with van der Waals surface area (Å²) >= 11 is 0. The maximum absolute atomic E-state index is 12.6. The number of rotatable bonds is 1. The largest absolute Gasteiger partial charge is 0.395 e. The van der Waals surface area contributed by atoms with Gasteiger partial charge in [-0.05, 0) is 18.6 Å². The Morgan fingerprint density at radius 1 is 1.73 bits per heavy atom. The Labute approximate surface area is 64.6 Å². The fraction of sp³-hybridized carbons (Fsp3) is 0.125. The molecule has 1 aromatic rings. The van der Waals surface area contributed by atoms with Crippen molar-refractivity contribution in [2.45, 2.75) is 6.92 Å². The summed E-state index contributed by atoms with van der Waals surface area (Å²) in [5, 5.41) is 0. The molecule has 58 valence electrons. The van der Waals surface area contributed by atoms with Crippen LogP contribution < -0.4 is 5.73 Å². The van der Waals surface area contributed by atoms with E-state index < -0.39 is 5.95 Å². The number of anilines is 1. The van der Waals surface area contributed by atoms with Gasteiger partial charge in [0.1, 0.15) is 0 Å². The first-order valence-electron chi connectivity index (χ1n) is 3.20. The van der Waals surface area contributed by atoms with Gasteiger partial charge in [-0.2, -0.15) is 4.39 Å². The molecule has 0 saturated carbocycles. The van der Waals surface area contributed by atoms with E-state index in [9.17, 15) is 4.39 Å². The van der Waals surface area contributed by atoms with Crippen LogP contribution in [-0.2, 0) is 0 Å². The molecule has 2 N–H and O–H groups in total. The topological polar surface area (TPSA) is 38.9 Å². The Hall–Kier alpha value is -1.38. The summed E-state index contributed by atoms with van der Waals surface area (Å²) in [5.41, 5.74) is 6.71. The molecule has 0 aromatic carbocycles. The summed E-state index contributed by atoms with van der Waals surface area (Å²) in [6, 6.07) is 1.52. The van der Waals surface area contributed by atoms with Gasteiger partial charge in [-0.25, -0.2) is 4.98 Å². The second-order valence-electron chi connectivity index (χ2n) is 2.25. The molecule has 1 aromatic heterocycles. The first-order chi connectivity index (χ1) is 5.15. The number of aromatic nitrogens is 1. The lowest BCUT2D eigenvalue weighted by molar-refractivity contribution is 0.585. The molecule has 2 nitrogen and oxygen atoms in total. The minimum absolute atomic E-state index is 0.0606. The van der Waals surface area contributed by atoms with Gasteiger partial charge in [-0.15, -0.1) is 0 Å². The van der Waals surface area contributed by atoms with E-state index in [1.807, 2.05) is 0 Å². The minimum Gasteiger partial charge on any atom is -0.395 e. The van der Waals surface area contributed by atoms with Gasteiger partial charge >= 0.3 is 0 Å². The quantitative estimate of drug-likeness (QED) is 0.622. The van der Waals surface area contributed by atoms with E-state index in [4.69, 9.17) is 5.73 Å². The molecule has 0 aliphatic rings. The first-order valence-corrected chi connectivity index (χ1v) is 3.20. The van der Waals surface area contributed by atoms with E-state index in [-0.39, 0.29) is 5.69 Å². The van der Waals surface area contributed by atoms with Gasteiger partial charge in [0.2, 0.25) is 5.95 Å². The van der Waals surface area contributed by atoms with Gasteiger partial charge in [-0.1, -0.05) is 12.7 Å². The molecule has 1 heterocycles. The molecule has 0 amide bonds. The predicted molar refractivity (Wildman–Crippen MR) is 43.4 cm³/mol. The van der Waals surface area contributed by atoms with E-state index in [0.717, 1.165) is 5.56 Å². The number of hydrogen-bond donors (Lipinski definition) is 1. The molecule has 1 rings (SSSR count). The molecule has 0 aliphatic heterocycles. The van der Waals surface area contributed by atoms with Crippen LogP contribution in [0.3, 0.4) is 0 Å². The molecule has 0 radical (unpaired) electrons. The summed E-state index contributed by atoms with van der Waals surface area (Å²) in [5.74, 6) is -0.617. The lowest BCUT2D eigenvalue weighted by Gasteiger charge is -2.01.